The quantitative estimate of drug-likeness (QED) is 0.793. The molecular weight excluding hydrogens is 314 g/mol. The summed E-state index contributed by atoms with van der Waals surface area (Å²) in [5, 5.41) is 9.45. The fraction of sp³-hybridized carbons (Fsp3) is 0.875. The van der Waals surface area contributed by atoms with Crippen molar-refractivity contribution in [3.05, 3.63) is 0 Å². The molecule has 0 radical (unpaired) electrons. The standard InChI is InChI=1S/C16H31NO5Si/c1-15(2,3)21-14(20)17-10-11(9-12(17)13(18)19)22-23(7,8)16(4,5)6/h11-12H,9-10H2,1-8H3,(H,18,19). The first-order valence-corrected chi connectivity index (χ1v) is 10.9. The average molecular weight is 346 g/mol. The summed E-state index contributed by atoms with van der Waals surface area (Å²) < 4.78 is 11.6. The van der Waals surface area contributed by atoms with Crippen molar-refractivity contribution in [2.24, 2.45) is 0 Å². The molecule has 0 aliphatic carbocycles. The van der Waals surface area contributed by atoms with Crippen molar-refractivity contribution in [2.45, 2.75) is 83.8 Å². The van der Waals surface area contributed by atoms with Crippen LogP contribution in [0.2, 0.25) is 18.1 Å². The van der Waals surface area contributed by atoms with E-state index in [1.54, 1.807) is 20.8 Å². The molecule has 0 saturated carbocycles. The summed E-state index contributed by atoms with van der Waals surface area (Å²) in [7, 11) is -2.02. The molecule has 23 heavy (non-hydrogen) atoms. The fourth-order valence-corrected chi connectivity index (χ4v) is 3.59. The average Bonchev–Trinajstić information content (AvgIpc) is 2.68. The molecule has 7 heteroatoms. The number of likely N-dealkylation sites (tertiary alicyclic amines) is 1. The normalized spacial score (nSPS) is 23.0. The Kier molecular flexibility index (Phi) is 5.58. The minimum atomic E-state index is -2.02. The van der Waals surface area contributed by atoms with E-state index in [-0.39, 0.29) is 17.7 Å². The molecule has 0 aromatic carbocycles. The Balaban J connectivity index is 2.87. The van der Waals surface area contributed by atoms with Crippen LogP contribution in [-0.4, -0.2) is 54.7 Å². The van der Waals surface area contributed by atoms with Gasteiger partial charge in [-0.1, -0.05) is 20.8 Å². The molecule has 0 aromatic heterocycles. The number of aliphatic carboxylic acids is 1. The molecule has 1 N–H and O–H groups in total. The lowest BCUT2D eigenvalue weighted by atomic mass is 10.2. The Morgan fingerprint density at radius 1 is 1.13 bits per heavy atom. The Morgan fingerprint density at radius 2 is 1.65 bits per heavy atom. The molecule has 0 aromatic rings. The molecule has 6 nitrogen and oxygen atoms in total. The summed E-state index contributed by atoms with van der Waals surface area (Å²) in [4.78, 5) is 25.1. The minimum absolute atomic E-state index is 0.0328. The van der Waals surface area contributed by atoms with Crippen LogP contribution in [-0.2, 0) is 14.0 Å². The van der Waals surface area contributed by atoms with E-state index in [0.717, 1.165) is 0 Å². The summed E-state index contributed by atoms with van der Waals surface area (Å²) >= 11 is 0. The smallest absolute Gasteiger partial charge is 0.411 e. The van der Waals surface area contributed by atoms with Gasteiger partial charge >= 0.3 is 12.1 Å². The van der Waals surface area contributed by atoms with E-state index < -0.39 is 32.0 Å². The lowest BCUT2D eigenvalue weighted by Crippen LogP contribution is -2.45. The maximum absolute atomic E-state index is 12.3. The number of rotatable bonds is 3. The number of amides is 1. The third-order valence-electron chi connectivity index (χ3n) is 4.44. The Hall–Kier alpha value is -1.08. The van der Waals surface area contributed by atoms with E-state index in [4.69, 9.17) is 9.16 Å². The predicted molar refractivity (Wildman–Crippen MR) is 91.1 cm³/mol. The summed E-state index contributed by atoms with van der Waals surface area (Å²) in [5.74, 6) is -1.02. The van der Waals surface area contributed by atoms with E-state index in [1.807, 2.05) is 0 Å². The highest BCUT2D eigenvalue weighted by Gasteiger charge is 2.46. The summed E-state index contributed by atoms with van der Waals surface area (Å²) in [6, 6.07) is -0.889. The summed E-state index contributed by atoms with van der Waals surface area (Å²) in [6.45, 7) is 16.2. The molecule has 0 bridgehead atoms. The van der Waals surface area contributed by atoms with Crippen LogP contribution in [0.15, 0.2) is 0 Å². The van der Waals surface area contributed by atoms with Crippen molar-refractivity contribution in [2.75, 3.05) is 6.54 Å². The molecule has 1 rings (SSSR count). The molecule has 1 amide bonds. The zero-order chi connectivity index (χ0) is 18.2. The molecule has 1 heterocycles. The van der Waals surface area contributed by atoms with Crippen molar-refractivity contribution in [1.82, 2.24) is 4.90 Å². The second kappa shape index (κ2) is 6.43. The lowest BCUT2D eigenvalue weighted by Gasteiger charge is -2.38. The van der Waals surface area contributed by atoms with Crippen LogP contribution >= 0.6 is 0 Å². The van der Waals surface area contributed by atoms with Gasteiger partial charge in [0.25, 0.3) is 0 Å². The Labute approximate surface area is 140 Å². The molecule has 0 spiro atoms. The highest BCUT2D eigenvalue weighted by molar-refractivity contribution is 6.74. The topological polar surface area (TPSA) is 76.1 Å². The Bertz CT molecular complexity index is 464. The van der Waals surface area contributed by atoms with Gasteiger partial charge in [0.15, 0.2) is 8.32 Å². The number of carboxylic acid groups (broad SMARTS) is 1. The third kappa shape index (κ3) is 5.21. The largest absolute Gasteiger partial charge is 0.480 e. The first kappa shape index (κ1) is 20.0. The zero-order valence-electron chi connectivity index (χ0n) is 15.6. The van der Waals surface area contributed by atoms with Crippen molar-refractivity contribution >= 4 is 20.4 Å². The molecular formula is C16H31NO5Si. The van der Waals surface area contributed by atoms with Gasteiger partial charge in [0, 0.05) is 13.0 Å². The lowest BCUT2D eigenvalue weighted by molar-refractivity contribution is -0.142. The molecule has 134 valence electrons. The van der Waals surface area contributed by atoms with Crippen LogP contribution < -0.4 is 0 Å². The number of carbonyl (C=O) groups is 2. The van der Waals surface area contributed by atoms with Gasteiger partial charge in [-0.25, -0.2) is 9.59 Å². The number of carboxylic acids is 1. The summed E-state index contributed by atoms with van der Waals surface area (Å²) in [6.07, 6.45) is -0.545. The predicted octanol–water partition coefficient (Wildman–Crippen LogP) is 3.47. The van der Waals surface area contributed by atoms with Crippen LogP contribution in [0, 0.1) is 0 Å². The number of nitrogens with zero attached hydrogens (tertiary/aromatic N) is 1. The van der Waals surface area contributed by atoms with Crippen molar-refractivity contribution in [1.29, 1.82) is 0 Å². The van der Waals surface area contributed by atoms with Crippen LogP contribution in [0.1, 0.15) is 48.0 Å². The fourth-order valence-electron chi connectivity index (χ4n) is 2.23. The maximum Gasteiger partial charge on any atom is 0.411 e. The number of hydrogen-bond donors (Lipinski definition) is 1. The van der Waals surface area contributed by atoms with Gasteiger partial charge in [0.05, 0.1) is 6.10 Å². The molecule has 1 aliphatic rings. The highest BCUT2D eigenvalue weighted by atomic mass is 28.4. The minimum Gasteiger partial charge on any atom is -0.480 e. The number of carbonyl (C=O) groups excluding carboxylic acids is 1. The second-order valence-electron chi connectivity index (χ2n) is 8.72. The van der Waals surface area contributed by atoms with E-state index in [0.29, 0.717) is 6.42 Å². The van der Waals surface area contributed by atoms with Crippen molar-refractivity contribution in [3.63, 3.8) is 0 Å². The SMILES string of the molecule is CC(C)(C)OC(=O)N1CC(O[Si](C)(C)C(C)(C)C)CC1C(=O)O. The van der Waals surface area contributed by atoms with Crippen LogP contribution in [0.5, 0.6) is 0 Å². The molecule has 2 atom stereocenters. The van der Waals surface area contributed by atoms with E-state index >= 15 is 0 Å². The zero-order valence-corrected chi connectivity index (χ0v) is 16.6. The van der Waals surface area contributed by atoms with Crippen LogP contribution in [0.25, 0.3) is 0 Å². The second-order valence-corrected chi connectivity index (χ2v) is 13.5. The van der Waals surface area contributed by atoms with Gasteiger partial charge in [-0.05, 0) is 38.9 Å². The van der Waals surface area contributed by atoms with Crippen molar-refractivity contribution < 1.29 is 23.9 Å². The highest BCUT2D eigenvalue weighted by Crippen LogP contribution is 2.39. The Morgan fingerprint density at radius 3 is 2.04 bits per heavy atom. The van der Waals surface area contributed by atoms with Crippen molar-refractivity contribution in [3.8, 4) is 0 Å². The van der Waals surface area contributed by atoms with Crippen LogP contribution in [0.4, 0.5) is 4.79 Å². The van der Waals surface area contributed by atoms with Gasteiger partial charge < -0.3 is 14.3 Å². The molecule has 1 fully saturated rings. The number of hydrogen-bond acceptors (Lipinski definition) is 4. The molecule has 1 aliphatic heterocycles. The van der Waals surface area contributed by atoms with Crippen LogP contribution in [0.3, 0.4) is 0 Å². The van der Waals surface area contributed by atoms with Gasteiger partial charge in [0.1, 0.15) is 11.6 Å². The van der Waals surface area contributed by atoms with Gasteiger partial charge in [0.2, 0.25) is 0 Å². The monoisotopic (exact) mass is 345 g/mol. The first-order chi connectivity index (χ1) is 10.1. The third-order valence-corrected chi connectivity index (χ3v) is 8.98. The molecule has 2 unspecified atom stereocenters. The van der Waals surface area contributed by atoms with E-state index in [1.165, 1.54) is 4.90 Å². The van der Waals surface area contributed by atoms with Gasteiger partial charge in [-0.15, -0.1) is 0 Å². The van der Waals surface area contributed by atoms with E-state index in [9.17, 15) is 14.7 Å². The van der Waals surface area contributed by atoms with Gasteiger partial charge in [-0.2, -0.15) is 0 Å². The van der Waals surface area contributed by atoms with E-state index in [2.05, 4.69) is 33.9 Å². The first-order valence-electron chi connectivity index (χ1n) is 8.04. The maximum atomic E-state index is 12.3. The summed E-state index contributed by atoms with van der Waals surface area (Å²) in [5.41, 5.74) is -0.654. The van der Waals surface area contributed by atoms with Gasteiger partial charge in [-0.3, -0.25) is 4.90 Å². The molecule has 1 saturated heterocycles. The number of ether oxygens (including phenoxy) is 1.